The molecule has 1 heterocycles. The summed E-state index contributed by atoms with van der Waals surface area (Å²) in [5.41, 5.74) is 0.868. The van der Waals surface area contributed by atoms with Gasteiger partial charge in [-0.25, -0.2) is 0 Å². The molecule has 0 radical (unpaired) electrons. The van der Waals surface area contributed by atoms with Gasteiger partial charge in [-0.15, -0.1) is 5.10 Å². The minimum atomic E-state index is -0.224. The lowest BCUT2D eigenvalue weighted by Gasteiger charge is -2.00. The van der Waals surface area contributed by atoms with E-state index in [4.69, 9.17) is 5.11 Å². The van der Waals surface area contributed by atoms with E-state index >= 15 is 0 Å². The third kappa shape index (κ3) is 1.66. The second-order valence-electron chi connectivity index (χ2n) is 2.65. The highest BCUT2D eigenvalue weighted by Gasteiger charge is 2.06. The number of hydrogen-bond donors (Lipinski definition) is 1. The van der Waals surface area contributed by atoms with Crippen molar-refractivity contribution in [3.8, 4) is 11.4 Å². The maximum absolute atomic E-state index is 8.93. The Morgan fingerprint density at radius 1 is 1.29 bits per heavy atom. The van der Waals surface area contributed by atoms with Crippen molar-refractivity contribution in [1.29, 1.82) is 0 Å². The van der Waals surface area contributed by atoms with Crippen molar-refractivity contribution < 1.29 is 5.11 Å². The van der Waals surface area contributed by atoms with Crippen molar-refractivity contribution in [3.63, 3.8) is 0 Å². The molecule has 0 aliphatic heterocycles. The number of nitrogens with zero attached hydrogens (tertiary/aromatic N) is 4. The van der Waals surface area contributed by atoms with Crippen LogP contribution in [0, 0.1) is 0 Å². The lowest BCUT2D eigenvalue weighted by Crippen LogP contribution is -2.01. The Morgan fingerprint density at radius 3 is 2.64 bits per heavy atom. The van der Waals surface area contributed by atoms with Crippen LogP contribution in [0.1, 0.15) is 0 Å². The molecule has 2 aromatic rings. The van der Waals surface area contributed by atoms with Crippen LogP contribution in [0.25, 0.3) is 11.4 Å². The van der Waals surface area contributed by atoms with Crippen LogP contribution in [-0.4, -0.2) is 25.3 Å². The molecule has 6 heteroatoms. The summed E-state index contributed by atoms with van der Waals surface area (Å²) in [6.07, 6.45) is 0. The number of tetrazole rings is 1. The van der Waals surface area contributed by atoms with E-state index in [9.17, 15) is 0 Å². The number of hydrogen-bond acceptors (Lipinski definition) is 4. The van der Waals surface area contributed by atoms with Crippen LogP contribution in [0.15, 0.2) is 28.7 Å². The molecule has 0 bridgehead atoms. The van der Waals surface area contributed by atoms with E-state index in [1.165, 1.54) is 4.68 Å². The predicted molar refractivity (Wildman–Crippen MR) is 53.2 cm³/mol. The van der Waals surface area contributed by atoms with Gasteiger partial charge in [0.05, 0.1) is 0 Å². The van der Waals surface area contributed by atoms with E-state index in [1.54, 1.807) is 0 Å². The maximum atomic E-state index is 8.93. The van der Waals surface area contributed by atoms with Crippen LogP contribution in [0.4, 0.5) is 0 Å². The molecule has 0 amide bonds. The molecule has 72 valence electrons. The fourth-order valence-electron chi connectivity index (χ4n) is 1.11. The second-order valence-corrected chi connectivity index (χ2v) is 3.57. The molecule has 0 saturated heterocycles. The molecule has 0 aliphatic carbocycles. The highest BCUT2D eigenvalue weighted by molar-refractivity contribution is 9.10. The van der Waals surface area contributed by atoms with E-state index in [0.29, 0.717) is 5.82 Å². The third-order valence-electron chi connectivity index (χ3n) is 1.77. The summed E-state index contributed by atoms with van der Waals surface area (Å²) >= 11 is 3.34. The van der Waals surface area contributed by atoms with Gasteiger partial charge in [0.2, 0.25) is 0 Å². The van der Waals surface area contributed by atoms with Gasteiger partial charge >= 0.3 is 0 Å². The molecule has 1 aromatic heterocycles. The highest BCUT2D eigenvalue weighted by atomic mass is 79.9. The number of aliphatic hydroxyl groups excluding tert-OH is 1. The van der Waals surface area contributed by atoms with E-state index in [1.807, 2.05) is 24.3 Å². The molecule has 14 heavy (non-hydrogen) atoms. The van der Waals surface area contributed by atoms with Gasteiger partial charge in [0.15, 0.2) is 5.82 Å². The van der Waals surface area contributed by atoms with E-state index in [2.05, 4.69) is 31.5 Å². The molecule has 0 unspecified atom stereocenters. The molecular weight excluding hydrogens is 248 g/mol. The molecule has 0 spiro atoms. The Hall–Kier alpha value is -1.27. The summed E-state index contributed by atoms with van der Waals surface area (Å²) in [4.78, 5) is 0. The van der Waals surface area contributed by atoms with Gasteiger partial charge < -0.3 is 5.11 Å². The highest BCUT2D eigenvalue weighted by Crippen LogP contribution is 2.18. The zero-order valence-electron chi connectivity index (χ0n) is 7.13. The molecule has 0 fully saturated rings. The number of aliphatic hydroxyl groups is 1. The summed E-state index contributed by atoms with van der Waals surface area (Å²) in [5.74, 6) is 0.556. The average molecular weight is 255 g/mol. The fraction of sp³-hybridized carbons (Fsp3) is 0.125. The van der Waals surface area contributed by atoms with Gasteiger partial charge in [-0.05, 0) is 22.6 Å². The van der Waals surface area contributed by atoms with E-state index in [0.717, 1.165) is 10.0 Å². The lowest BCUT2D eigenvalue weighted by molar-refractivity contribution is 0.194. The minimum Gasteiger partial charge on any atom is -0.374 e. The summed E-state index contributed by atoms with van der Waals surface area (Å²) < 4.78 is 2.31. The fourth-order valence-corrected chi connectivity index (χ4v) is 1.37. The monoisotopic (exact) mass is 254 g/mol. The first kappa shape index (κ1) is 9.29. The van der Waals surface area contributed by atoms with E-state index in [-0.39, 0.29) is 6.73 Å². The van der Waals surface area contributed by atoms with Crippen LogP contribution < -0.4 is 0 Å². The molecule has 0 saturated carbocycles. The molecule has 2 rings (SSSR count). The Bertz CT molecular complexity index is 425. The predicted octanol–water partition coefficient (Wildman–Crippen LogP) is 1.05. The molecule has 1 aromatic carbocycles. The molecule has 1 N–H and O–H groups in total. The second kappa shape index (κ2) is 3.85. The lowest BCUT2D eigenvalue weighted by atomic mass is 10.2. The third-order valence-corrected chi connectivity index (χ3v) is 2.30. The topological polar surface area (TPSA) is 63.8 Å². The molecule has 0 aliphatic rings. The summed E-state index contributed by atoms with van der Waals surface area (Å²) in [7, 11) is 0. The van der Waals surface area contributed by atoms with Crippen LogP contribution in [0.2, 0.25) is 0 Å². The number of halogens is 1. The van der Waals surface area contributed by atoms with Crippen molar-refractivity contribution in [2.45, 2.75) is 6.73 Å². The van der Waals surface area contributed by atoms with Crippen molar-refractivity contribution in [2.75, 3.05) is 0 Å². The van der Waals surface area contributed by atoms with Crippen LogP contribution in [-0.2, 0) is 6.73 Å². The first-order valence-corrected chi connectivity index (χ1v) is 4.73. The molecule has 0 atom stereocenters. The minimum absolute atomic E-state index is 0.224. The normalized spacial score (nSPS) is 10.4. The largest absolute Gasteiger partial charge is 0.374 e. The Morgan fingerprint density at radius 2 is 2.00 bits per heavy atom. The van der Waals surface area contributed by atoms with Gasteiger partial charge in [-0.3, -0.25) is 0 Å². The Kier molecular flexibility index (Phi) is 2.55. The first-order chi connectivity index (χ1) is 6.81. The van der Waals surface area contributed by atoms with Crippen molar-refractivity contribution >= 4 is 15.9 Å². The SMILES string of the molecule is OCn1nnnc1-c1ccc(Br)cc1. The maximum Gasteiger partial charge on any atom is 0.184 e. The van der Waals surface area contributed by atoms with Crippen LogP contribution in [0.5, 0.6) is 0 Å². The standard InChI is InChI=1S/C8H7BrN4O/c9-7-3-1-6(2-4-7)8-10-11-12-13(8)5-14/h1-4,14H,5H2. The Balaban J connectivity index is 2.44. The van der Waals surface area contributed by atoms with Crippen molar-refractivity contribution in [2.24, 2.45) is 0 Å². The van der Waals surface area contributed by atoms with Gasteiger partial charge in [-0.1, -0.05) is 28.1 Å². The first-order valence-electron chi connectivity index (χ1n) is 3.94. The Labute approximate surface area is 88.5 Å². The number of aromatic nitrogens is 4. The van der Waals surface area contributed by atoms with Gasteiger partial charge in [-0.2, -0.15) is 4.68 Å². The zero-order chi connectivity index (χ0) is 9.97. The van der Waals surface area contributed by atoms with Crippen LogP contribution >= 0.6 is 15.9 Å². The van der Waals surface area contributed by atoms with Gasteiger partial charge in [0.25, 0.3) is 0 Å². The zero-order valence-corrected chi connectivity index (χ0v) is 8.72. The van der Waals surface area contributed by atoms with Crippen molar-refractivity contribution in [1.82, 2.24) is 20.2 Å². The van der Waals surface area contributed by atoms with Crippen LogP contribution in [0.3, 0.4) is 0 Å². The summed E-state index contributed by atoms with van der Waals surface area (Å²) in [6, 6.07) is 7.54. The quantitative estimate of drug-likeness (QED) is 0.871. The summed E-state index contributed by atoms with van der Waals surface area (Å²) in [5, 5.41) is 19.9. The smallest absolute Gasteiger partial charge is 0.184 e. The average Bonchev–Trinajstić information content (AvgIpc) is 2.67. The van der Waals surface area contributed by atoms with Gasteiger partial charge in [0.1, 0.15) is 6.73 Å². The number of rotatable bonds is 2. The van der Waals surface area contributed by atoms with E-state index < -0.39 is 0 Å². The number of benzene rings is 1. The van der Waals surface area contributed by atoms with Gasteiger partial charge in [0, 0.05) is 10.0 Å². The summed E-state index contributed by atoms with van der Waals surface area (Å²) in [6.45, 7) is -0.224. The molecular formula is C8H7BrN4O. The molecule has 5 nitrogen and oxygen atoms in total. The van der Waals surface area contributed by atoms with Crippen molar-refractivity contribution in [3.05, 3.63) is 28.7 Å².